The van der Waals surface area contributed by atoms with E-state index >= 15 is 0 Å². The van der Waals surface area contributed by atoms with Crippen LogP contribution >= 0.6 is 0 Å². The highest BCUT2D eigenvalue weighted by Crippen LogP contribution is 2.23. The molecule has 1 heterocycles. The molecular weight excluding hydrogens is 354 g/mol. The molecule has 1 N–H and O–H groups in total. The van der Waals surface area contributed by atoms with Crippen LogP contribution in [0.3, 0.4) is 0 Å². The van der Waals surface area contributed by atoms with E-state index in [4.69, 9.17) is 9.47 Å². The van der Waals surface area contributed by atoms with E-state index in [1.54, 1.807) is 12.1 Å². The minimum Gasteiger partial charge on any atom is -0.496 e. The lowest BCUT2D eigenvalue weighted by Crippen LogP contribution is -2.43. The van der Waals surface area contributed by atoms with Gasteiger partial charge in [-0.3, -0.25) is 9.69 Å². The van der Waals surface area contributed by atoms with Crippen molar-refractivity contribution in [3.05, 3.63) is 65.2 Å². The lowest BCUT2D eigenvalue weighted by atomic mass is 10.0. The maximum absolute atomic E-state index is 13.5. The van der Waals surface area contributed by atoms with Gasteiger partial charge in [0.15, 0.2) is 0 Å². The molecule has 5 nitrogen and oxygen atoms in total. The molecule has 1 aliphatic rings. The standard InChI is InChI=1S/C20H22F2N2O3/c1-26-19-7-6-16(22)12-17(19)20(25)23-13-18(24-8-10-27-11-9-24)14-2-4-15(21)5-3-14/h2-7,12,18H,8-11,13H2,1H3,(H,23,25). The SMILES string of the molecule is COc1ccc(F)cc1C(=O)NCC(c1ccc(F)cc1)N1CCOCC1. The molecule has 27 heavy (non-hydrogen) atoms. The first-order valence-corrected chi connectivity index (χ1v) is 8.77. The Morgan fingerprint density at radius 3 is 2.48 bits per heavy atom. The first-order chi connectivity index (χ1) is 13.1. The zero-order valence-electron chi connectivity index (χ0n) is 15.1. The number of rotatable bonds is 6. The maximum atomic E-state index is 13.5. The van der Waals surface area contributed by atoms with Gasteiger partial charge in [0.05, 0.1) is 31.9 Å². The Hall–Kier alpha value is -2.51. The predicted octanol–water partition coefficient (Wildman–Crippen LogP) is 2.78. The second-order valence-electron chi connectivity index (χ2n) is 6.27. The van der Waals surface area contributed by atoms with E-state index in [2.05, 4.69) is 10.2 Å². The van der Waals surface area contributed by atoms with Crippen molar-refractivity contribution in [3.8, 4) is 5.75 Å². The van der Waals surface area contributed by atoms with Crippen LogP contribution in [0, 0.1) is 11.6 Å². The minimum atomic E-state index is -0.510. The zero-order chi connectivity index (χ0) is 19.2. The maximum Gasteiger partial charge on any atom is 0.255 e. The summed E-state index contributed by atoms with van der Waals surface area (Å²) in [5.41, 5.74) is 1.03. The summed E-state index contributed by atoms with van der Waals surface area (Å²) in [4.78, 5) is 14.8. The second-order valence-corrected chi connectivity index (χ2v) is 6.27. The highest BCUT2D eigenvalue weighted by Gasteiger charge is 2.24. The number of methoxy groups -OCH3 is 1. The first kappa shape index (κ1) is 19.3. The van der Waals surface area contributed by atoms with Crippen LogP contribution in [-0.2, 0) is 4.74 Å². The van der Waals surface area contributed by atoms with Gasteiger partial charge in [-0.15, -0.1) is 0 Å². The van der Waals surface area contributed by atoms with Crippen LogP contribution in [0.5, 0.6) is 5.75 Å². The number of amides is 1. The Morgan fingerprint density at radius 1 is 1.15 bits per heavy atom. The molecule has 1 saturated heterocycles. The van der Waals surface area contributed by atoms with E-state index in [1.165, 1.54) is 31.4 Å². The summed E-state index contributed by atoms with van der Waals surface area (Å²) < 4.78 is 37.4. The topological polar surface area (TPSA) is 50.8 Å². The van der Waals surface area contributed by atoms with Crippen molar-refractivity contribution >= 4 is 5.91 Å². The predicted molar refractivity (Wildman–Crippen MR) is 96.8 cm³/mol. The number of nitrogens with one attached hydrogen (secondary N) is 1. The highest BCUT2D eigenvalue weighted by molar-refractivity contribution is 5.96. The Balaban J connectivity index is 1.77. The Bertz CT molecular complexity index is 777. The van der Waals surface area contributed by atoms with Gasteiger partial charge >= 0.3 is 0 Å². The van der Waals surface area contributed by atoms with Crippen molar-refractivity contribution in [1.29, 1.82) is 0 Å². The molecule has 0 spiro atoms. The highest BCUT2D eigenvalue weighted by atomic mass is 19.1. The number of carbonyl (C=O) groups is 1. The molecule has 1 unspecified atom stereocenters. The van der Waals surface area contributed by atoms with Gasteiger partial charge in [0.25, 0.3) is 5.91 Å². The van der Waals surface area contributed by atoms with Crippen LogP contribution in [0.1, 0.15) is 22.0 Å². The summed E-state index contributed by atoms with van der Waals surface area (Å²) in [5.74, 6) is -0.942. The summed E-state index contributed by atoms with van der Waals surface area (Å²) in [6, 6.07) is 9.90. The van der Waals surface area contributed by atoms with Gasteiger partial charge in [-0.2, -0.15) is 0 Å². The molecule has 0 radical (unpaired) electrons. The van der Waals surface area contributed by atoms with Crippen LogP contribution in [0.4, 0.5) is 8.78 Å². The molecular formula is C20H22F2N2O3. The number of ether oxygens (including phenoxy) is 2. The fourth-order valence-electron chi connectivity index (χ4n) is 3.17. The lowest BCUT2D eigenvalue weighted by molar-refractivity contribution is 0.0162. The quantitative estimate of drug-likeness (QED) is 0.842. The van der Waals surface area contributed by atoms with Crippen molar-refractivity contribution in [2.45, 2.75) is 6.04 Å². The third-order valence-electron chi connectivity index (χ3n) is 4.60. The second kappa shape index (κ2) is 8.92. The van der Waals surface area contributed by atoms with E-state index in [9.17, 15) is 13.6 Å². The molecule has 0 aliphatic carbocycles. The molecule has 1 atom stereocenters. The van der Waals surface area contributed by atoms with Crippen LogP contribution in [-0.4, -0.2) is 50.8 Å². The molecule has 144 valence electrons. The zero-order valence-corrected chi connectivity index (χ0v) is 15.1. The van der Waals surface area contributed by atoms with E-state index < -0.39 is 11.7 Å². The van der Waals surface area contributed by atoms with Crippen molar-refractivity contribution < 1.29 is 23.0 Å². The van der Waals surface area contributed by atoms with Gasteiger partial charge in [0, 0.05) is 19.6 Å². The van der Waals surface area contributed by atoms with Gasteiger partial charge in [0.2, 0.25) is 0 Å². The largest absolute Gasteiger partial charge is 0.496 e. The Morgan fingerprint density at radius 2 is 1.81 bits per heavy atom. The monoisotopic (exact) mass is 376 g/mol. The number of benzene rings is 2. The average Bonchev–Trinajstić information content (AvgIpc) is 2.70. The molecule has 2 aromatic carbocycles. The summed E-state index contributed by atoms with van der Waals surface area (Å²) in [6.45, 7) is 2.92. The van der Waals surface area contributed by atoms with E-state index in [-0.39, 0.29) is 17.4 Å². The summed E-state index contributed by atoms with van der Waals surface area (Å²) in [6.07, 6.45) is 0. The third kappa shape index (κ3) is 4.81. The summed E-state index contributed by atoms with van der Waals surface area (Å²) in [5, 5.41) is 2.85. The van der Waals surface area contributed by atoms with Crippen molar-refractivity contribution in [2.75, 3.05) is 40.0 Å². The van der Waals surface area contributed by atoms with Gasteiger partial charge in [-0.25, -0.2) is 8.78 Å². The van der Waals surface area contributed by atoms with Gasteiger partial charge in [-0.05, 0) is 35.9 Å². The number of hydrogen-bond acceptors (Lipinski definition) is 4. The molecule has 3 rings (SSSR count). The van der Waals surface area contributed by atoms with Crippen LogP contribution < -0.4 is 10.1 Å². The molecule has 2 aromatic rings. The van der Waals surface area contributed by atoms with E-state index in [0.29, 0.717) is 38.6 Å². The minimum absolute atomic E-state index is 0.136. The average molecular weight is 376 g/mol. The third-order valence-corrected chi connectivity index (χ3v) is 4.60. The van der Waals surface area contributed by atoms with Crippen LogP contribution in [0.2, 0.25) is 0 Å². The summed E-state index contributed by atoms with van der Waals surface area (Å²) >= 11 is 0. The van der Waals surface area contributed by atoms with Gasteiger partial charge in [0.1, 0.15) is 17.4 Å². The number of nitrogens with zero attached hydrogens (tertiary/aromatic N) is 1. The molecule has 1 amide bonds. The first-order valence-electron chi connectivity index (χ1n) is 8.77. The van der Waals surface area contributed by atoms with Gasteiger partial charge < -0.3 is 14.8 Å². The fourth-order valence-corrected chi connectivity index (χ4v) is 3.17. The van der Waals surface area contributed by atoms with E-state index in [0.717, 1.165) is 11.6 Å². The van der Waals surface area contributed by atoms with Crippen molar-refractivity contribution in [3.63, 3.8) is 0 Å². The van der Waals surface area contributed by atoms with Gasteiger partial charge in [-0.1, -0.05) is 12.1 Å². The number of carbonyl (C=O) groups excluding carboxylic acids is 1. The number of halogens is 2. The molecule has 1 aliphatic heterocycles. The normalized spacial score (nSPS) is 16.0. The number of morpholine rings is 1. The molecule has 0 saturated carbocycles. The van der Waals surface area contributed by atoms with Crippen molar-refractivity contribution in [1.82, 2.24) is 10.2 Å². The lowest BCUT2D eigenvalue weighted by Gasteiger charge is -2.35. The molecule has 0 aromatic heterocycles. The van der Waals surface area contributed by atoms with Crippen LogP contribution in [0.25, 0.3) is 0 Å². The fraction of sp³-hybridized carbons (Fsp3) is 0.350. The Labute approximate surface area is 156 Å². The van der Waals surface area contributed by atoms with Crippen molar-refractivity contribution in [2.24, 2.45) is 0 Å². The molecule has 1 fully saturated rings. The number of hydrogen-bond donors (Lipinski definition) is 1. The Kier molecular flexibility index (Phi) is 6.36. The smallest absolute Gasteiger partial charge is 0.255 e. The summed E-state index contributed by atoms with van der Waals surface area (Å²) in [7, 11) is 1.43. The van der Waals surface area contributed by atoms with E-state index in [1.807, 2.05) is 0 Å². The molecule has 7 heteroatoms. The van der Waals surface area contributed by atoms with Crippen LogP contribution in [0.15, 0.2) is 42.5 Å². The molecule has 0 bridgehead atoms.